The lowest BCUT2D eigenvalue weighted by Crippen LogP contribution is -2.46. The lowest BCUT2D eigenvalue weighted by molar-refractivity contribution is -0.137. The van der Waals surface area contributed by atoms with Crippen molar-refractivity contribution in [3.63, 3.8) is 0 Å². The van der Waals surface area contributed by atoms with Crippen LogP contribution in [0.5, 0.6) is 0 Å². The minimum Gasteiger partial charge on any atom is -0.426 e. The third-order valence-corrected chi connectivity index (χ3v) is 3.74. The van der Waals surface area contributed by atoms with Crippen LogP contribution in [0.1, 0.15) is 11.1 Å². The third-order valence-electron chi connectivity index (χ3n) is 3.74. The van der Waals surface area contributed by atoms with E-state index in [1.54, 1.807) is 0 Å². The third kappa shape index (κ3) is 5.11. The molecule has 0 aliphatic carbocycles. The van der Waals surface area contributed by atoms with E-state index in [2.05, 4.69) is 0 Å². The second-order valence-corrected chi connectivity index (χ2v) is 6.08. The van der Waals surface area contributed by atoms with Crippen LogP contribution in [0.15, 0.2) is 48.5 Å². The summed E-state index contributed by atoms with van der Waals surface area (Å²) in [5.41, 5.74) is 2.12. The fourth-order valence-electron chi connectivity index (χ4n) is 2.33. The molecule has 2 nitrogen and oxygen atoms in total. The molecule has 0 unspecified atom stereocenters. The molecule has 6 heteroatoms. The van der Waals surface area contributed by atoms with Crippen LogP contribution in [-0.2, 0) is 10.8 Å². The van der Waals surface area contributed by atoms with Gasteiger partial charge in [-0.3, -0.25) is 0 Å². The first kappa shape index (κ1) is 18.6. The lowest BCUT2D eigenvalue weighted by Gasteiger charge is -2.18. The summed E-state index contributed by atoms with van der Waals surface area (Å²) in [6.45, 7) is 2.84. The summed E-state index contributed by atoms with van der Waals surface area (Å²) in [5, 5.41) is 0. The zero-order valence-electron chi connectivity index (χ0n) is 14.1. The van der Waals surface area contributed by atoms with E-state index in [1.165, 1.54) is 12.1 Å². The minimum absolute atomic E-state index is 0.382. The quantitative estimate of drug-likeness (QED) is 0.753. The molecule has 2 rings (SSSR count). The van der Waals surface area contributed by atoms with E-state index in [0.29, 0.717) is 12.1 Å². The predicted octanol–water partition coefficient (Wildman–Crippen LogP) is 2.70. The zero-order valence-corrected chi connectivity index (χ0v) is 14.1. The summed E-state index contributed by atoms with van der Waals surface area (Å²) in [6.07, 6.45) is -4.33. The van der Waals surface area contributed by atoms with Gasteiger partial charge >= 0.3 is 13.1 Å². The van der Waals surface area contributed by atoms with Crippen LogP contribution in [-0.4, -0.2) is 39.1 Å². The molecule has 0 radical (unpaired) electrons. The van der Waals surface area contributed by atoms with Crippen LogP contribution in [0.4, 0.5) is 13.2 Å². The molecule has 0 aromatic heterocycles. The Kier molecular flexibility index (Phi) is 6.07. The molecule has 128 valence electrons. The Labute approximate surface area is 141 Å². The largest absolute Gasteiger partial charge is 0.426 e. The first-order valence-electron chi connectivity index (χ1n) is 7.77. The van der Waals surface area contributed by atoms with Crippen LogP contribution >= 0.6 is 0 Å². The highest BCUT2D eigenvalue weighted by molar-refractivity contribution is 6.80. The topological polar surface area (TPSA) is 12.5 Å². The van der Waals surface area contributed by atoms with Crippen LogP contribution in [0.25, 0.3) is 0 Å². The van der Waals surface area contributed by atoms with Crippen molar-refractivity contribution < 1.29 is 17.8 Å². The normalized spacial score (nSPS) is 11.8. The molecule has 0 atom stereocenters. The molecule has 0 saturated heterocycles. The Hall–Kier alpha value is -1.79. The SMILES string of the molecule is Cc1ccc(B(OCCN(C)C)c2ccc(C(F)(F)F)cc2)cc1. The average molecular weight is 335 g/mol. The number of rotatable bonds is 6. The number of nitrogens with zero attached hydrogens (tertiary/aromatic N) is 1. The molecule has 0 bridgehead atoms. The van der Waals surface area contributed by atoms with E-state index in [1.807, 2.05) is 50.2 Å². The monoisotopic (exact) mass is 335 g/mol. The van der Waals surface area contributed by atoms with Gasteiger partial charge in [-0.05, 0) is 31.9 Å². The van der Waals surface area contributed by atoms with Gasteiger partial charge in [-0.2, -0.15) is 13.2 Å². The summed E-state index contributed by atoms with van der Waals surface area (Å²) >= 11 is 0. The molecule has 0 aliphatic heterocycles. The number of likely N-dealkylation sites (N-methyl/N-ethyl adjacent to an activating group) is 1. The fourth-order valence-corrected chi connectivity index (χ4v) is 2.33. The van der Waals surface area contributed by atoms with Gasteiger partial charge in [0.2, 0.25) is 0 Å². The van der Waals surface area contributed by atoms with Crippen molar-refractivity contribution in [2.45, 2.75) is 13.1 Å². The van der Waals surface area contributed by atoms with Crippen LogP contribution in [0.3, 0.4) is 0 Å². The van der Waals surface area contributed by atoms with Crippen molar-refractivity contribution in [3.05, 3.63) is 59.7 Å². The Bertz CT molecular complexity index is 639. The molecule has 0 amide bonds. The van der Waals surface area contributed by atoms with Crippen molar-refractivity contribution in [3.8, 4) is 0 Å². The first-order valence-corrected chi connectivity index (χ1v) is 7.77. The number of aryl methyl sites for hydroxylation is 1. The average Bonchev–Trinajstić information content (AvgIpc) is 2.52. The second-order valence-electron chi connectivity index (χ2n) is 6.08. The summed E-state index contributed by atoms with van der Waals surface area (Å²) in [6, 6.07) is 13.0. The highest BCUT2D eigenvalue weighted by Gasteiger charge is 2.31. The summed E-state index contributed by atoms with van der Waals surface area (Å²) in [4.78, 5) is 2.00. The van der Waals surface area contributed by atoms with Crippen LogP contribution in [0, 0.1) is 6.92 Å². The van der Waals surface area contributed by atoms with Gasteiger partial charge in [0.1, 0.15) is 0 Å². The van der Waals surface area contributed by atoms with Crippen molar-refractivity contribution in [1.82, 2.24) is 4.90 Å². The van der Waals surface area contributed by atoms with Gasteiger partial charge in [0.05, 0.1) is 5.56 Å². The smallest absolute Gasteiger partial charge is 0.416 e. The van der Waals surface area contributed by atoms with Crippen LogP contribution < -0.4 is 10.9 Å². The Morgan fingerprint density at radius 2 is 1.42 bits per heavy atom. The molecular formula is C18H21BF3NO. The zero-order chi connectivity index (χ0) is 17.7. The number of alkyl halides is 3. The number of hydrogen-bond donors (Lipinski definition) is 0. The first-order chi connectivity index (χ1) is 11.3. The number of hydrogen-bond acceptors (Lipinski definition) is 2. The standard InChI is InChI=1S/C18H21BF3NO/c1-14-4-8-16(9-5-14)19(24-13-12-23(2)3)17-10-6-15(7-11-17)18(20,21)22/h4-11H,12-13H2,1-3H3. The molecular weight excluding hydrogens is 314 g/mol. The second kappa shape index (κ2) is 7.86. The maximum absolute atomic E-state index is 12.7. The molecule has 2 aromatic rings. The highest BCUT2D eigenvalue weighted by atomic mass is 19.4. The Balaban J connectivity index is 2.25. The highest BCUT2D eigenvalue weighted by Crippen LogP contribution is 2.28. The van der Waals surface area contributed by atoms with Gasteiger partial charge in [0.15, 0.2) is 0 Å². The van der Waals surface area contributed by atoms with Gasteiger partial charge in [0, 0.05) is 13.2 Å². The van der Waals surface area contributed by atoms with E-state index in [9.17, 15) is 13.2 Å². The van der Waals surface area contributed by atoms with Gasteiger partial charge < -0.3 is 9.55 Å². The van der Waals surface area contributed by atoms with Gasteiger partial charge in [-0.25, -0.2) is 0 Å². The van der Waals surface area contributed by atoms with Crippen molar-refractivity contribution in [1.29, 1.82) is 0 Å². The van der Waals surface area contributed by atoms with Gasteiger partial charge in [-0.1, -0.05) is 54.1 Å². The lowest BCUT2D eigenvalue weighted by atomic mass is 9.55. The molecule has 24 heavy (non-hydrogen) atoms. The van der Waals surface area contributed by atoms with Gasteiger partial charge in [0.25, 0.3) is 0 Å². The fraction of sp³-hybridized carbons (Fsp3) is 0.333. The Morgan fingerprint density at radius 1 is 0.917 bits per heavy atom. The summed E-state index contributed by atoms with van der Waals surface area (Å²) in [7, 11) is 3.89. The molecule has 2 aromatic carbocycles. The minimum atomic E-state index is -4.33. The van der Waals surface area contributed by atoms with Gasteiger partial charge in [-0.15, -0.1) is 0 Å². The van der Waals surface area contributed by atoms with Crippen molar-refractivity contribution in [2.75, 3.05) is 27.2 Å². The number of halogens is 3. The van der Waals surface area contributed by atoms with E-state index < -0.39 is 11.7 Å². The molecule has 0 heterocycles. The van der Waals surface area contributed by atoms with E-state index in [-0.39, 0.29) is 6.92 Å². The molecule has 0 fully saturated rings. The predicted molar refractivity (Wildman–Crippen MR) is 92.2 cm³/mol. The summed E-state index contributed by atoms with van der Waals surface area (Å²) < 4.78 is 44.2. The molecule has 0 spiro atoms. The molecule has 0 N–H and O–H groups in total. The number of benzene rings is 2. The van der Waals surface area contributed by atoms with Crippen molar-refractivity contribution >= 4 is 17.8 Å². The van der Waals surface area contributed by atoms with Crippen LogP contribution in [0.2, 0.25) is 0 Å². The van der Waals surface area contributed by atoms with E-state index in [4.69, 9.17) is 4.65 Å². The molecule has 0 saturated carbocycles. The Morgan fingerprint density at radius 3 is 1.88 bits per heavy atom. The maximum Gasteiger partial charge on any atom is 0.416 e. The summed E-state index contributed by atoms with van der Waals surface area (Å²) in [5.74, 6) is 0. The molecule has 0 aliphatic rings. The van der Waals surface area contributed by atoms with E-state index >= 15 is 0 Å². The van der Waals surface area contributed by atoms with E-state index in [0.717, 1.165) is 29.7 Å². The van der Waals surface area contributed by atoms with Crippen molar-refractivity contribution in [2.24, 2.45) is 0 Å². The maximum atomic E-state index is 12.7.